The zero-order chi connectivity index (χ0) is 28.0. The van der Waals surface area contributed by atoms with E-state index in [1.165, 1.54) is 4.90 Å². The highest BCUT2D eigenvalue weighted by atomic mass is 28.3. The Morgan fingerprint density at radius 2 is 1.89 bits per heavy atom. The summed E-state index contributed by atoms with van der Waals surface area (Å²) in [6.07, 6.45) is -4.20. The molecule has 15 heteroatoms. The van der Waals surface area contributed by atoms with Crippen molar-refractivity contribution < 1.29 is 31.5 Å². The summed E-state index contributed by atoms with van der Waals surface area (Å²) in [5, 5.41) is 12.5. The highest BCUT2D eigenvalue weighted by Crippen LogP contribution is 2.39. The Hall–Kier alpha value is -3.07. The van der Waals surface area contributed by atoms with Gasteiger partial charge in [0, 0.05) is 27.6 Å². The fourth-order valence-corrected chi connectivity index (χ4v) is 4.68. The topological polar surface area (TPSA) is 98.9 Å². The zero-order valence-electron chi connectivity index (χ0n) is 21.6. The van der Waals surface area contributed by atoms with Gasteiger partial charge in [-0.05, 0) is 26.0 Å². The summed E-state index contributed by atoms with van der Waals surface area (Å²) in [5.41, 5.74) is -0.783. The first kappa shape index (κ1) is 27.9. The number of fused-ring (bicyclic) bond motifs is 2. The average molecular weight is 558 g/mol. The molecule has 0 aromatic carbocycles. The van der Waals surface area contributed by atoms with Crippen molar-refractivity contribution in [2.75, 3.05) is 18.2 Å². The van der Waals surface area contributed by atoms with Crippen molar-refractivity contribution in [2.45, 2.75) is 70.3 Å². The van der Waals surface area contributed by atoms with Gasteiger partial charge in [0.05, 0.1) is 17.0 Å². The number of amides is 1. The van der Waals surface area contributed by atoms with Gasteiger partial charge in [-0.3, -0.25) is 9.69 Å². The van der Waals surface area contributed by atoms with Gasteiger partial charge in [-0.2, -0.15) is 5.10 Å². The van der Waals surface area contributed by atoms with Crippen LogP contribution < -0.4 is 4.90 Å². The smallest absolute Gasteiger partial charge is 0.309 e. The van der Waals surface area contributed by atoms with Gasteiger partial charge in [-0.15, -0.1) is 10.2 Å². The summed E-state index contributed by atoms with van der Waals surface area (Å²) >= 11 is 0. The van der Waals surface area contributed by atoms with Gasteiger partial charge in [0.2, 0.25) is 11.7 Å². The van der Waals surface area contributed by atoms with Crippen molar-refractivity contribution in [1.29, 1.82) is 0 Å². The monoisotopic (exact) mass is 557 g/mol. The minimum absolute atomic E-state index is 0.0153. The molecular weight excluding hydrogens is 529 g/mol. The second-order valence-corrected chi connectivity index (χ2v) is 16.5. The molecule has 3 aromatic rings. The van der Waals surface area contributed by atoms with Crippen molar-refractivity contribution in [3.8, 4) is 11.5 Å². The average Bonchev–Trinajstić information content (AvgIpc) is 3.27. The molecule has 0 unspecified atom stereocenters. The summed E-state index contributed by atoms with van der Waals surface area (Å²) < 4.78 is 73.3. The number of pyridine rings is 1. The van der Waals surface area contributed by atoms with Gasteiger partial charge >= 0.3 is 12.3 Å². The van der Waals surface area contributed by atoms with E-state index in [2.05, 4.69) is 44.9 Å². The fraction of sp³-hybridized carbons (Fsp3) is 0.565. The van der Waals surface area contributed by atoms with Crippen LogP contribution in [-0.2, 0) is 21.5 Å². The van der Waals surface area contributed by atoms with Crippen LogP contribution in [0.4, 0.5) is 27.8 Å². The van der Waals surface area contributed by atoms with Crippen molar-refractivity contribution in [1.82, 2.24) is 29.9 Å². The molecule has 3 aromatic heterocycles. The maximum absolute atomic E-state index is 14.1. The summed E-state index contributed by atoms with van der Waals surface area (Å²) in [5.74, 6) is -5.20. The molecule has 0 atom stereocenters. The lowest BCUT2D eigenvalue weighted by atomic mass is 9.91. The quantitative estimate of drug-likeness (QED) is 0.203. The van der Waals surface area contributed by atoms with E-state index >= 15 is 0 Å². The molecule has 0 bridgehead atoms. The molecule has 0 aliphatic carbocycles. The van der Waals surface area contributed by atoms with Crippen LogP contribution in [0.2, 0.25) is 25.7 Å². The maximum atomic E-state index is 14.1. The van der Waals surface area contributed by atoms with Crippen LogP contribution >= 0.6 is 0 Å². The van der Waals surface area contributed by atoms with E-state index in [1.807, 2.05) is 0 Å². The van der Waals surface area contributed by atoms with Gasteiger partial charge in [-0.1, -0.05) is 19.6 Å². The van der Waals surface area contributed by atoms with Crippen LogP contribution in [-0.4, -0.2) is 69.6 Å². The lowest BCUT2D eigenvalue weighted by molar-refractivity contribution is -0.134. The number of carbonyl (C=O) groups excluding carboxylic acids is 1. The van der Waals surface area contributed by atoms with Gasteiger partial charge in [-0.25, -0.2) is 36.6 Å². The van der Waals surface area contributed by atoms with Crippen LogP contribution in [0.25, 0.3) is 22.6 Å². The van der Waals surface area contributed by atoms with E-state index < -0.39 is 44.6 Å². The van der Waals surface area contributed by atoms with E-state index in [0.717, 1.165) is 23.0 Å². The van der Waals surface area contributed by atoms with Gasteiger partial charge in [0.1, 0.15) is 23.9 Å². The molecular formula is C23H28F5N7O2Si. The molecule has 38 heavy (non-hydrogen) atoms. The third kappa shape index (κ3) is 5.39. The van der Waals surface area contributed by atoms with E-state index in [0.29, 0.717) is 12.3 Å². The summed E-state index contributed by atoms with van der Waals surface area (Å²) in [6.45, 7) is 9.75. The first-order valence-corrected chi connectivity index (χ1v) is 15.7. The van der Waals surface area contributed by atoms with E-state index in [-0.39, 0.29) is 41.0 Å². The number of anilines is 1. The third-order valence-electron chi connectivity index (χ3n) is 6.25. The third-order valence-corrected chi connectivity index (χ3v) is 7.96. The molecule has 1 aliphatic heterocycles. The molecule has 1 aliphatic rings. The van der Waals surface area contributed by atoms with Gasteiger partial charge < -0.3 is 4.74 Å². The Morgan fingerprint density at radius 1 is 1.18 bits per heavy atom. The highest BCUT2D eigenvalue weighted by molar-refractivity contribution is 6.76. The second kappa shape index (κ2) is 9.91. The Balaban J connectivity index is 1.70. The molecule has 0 radical (unpaired) electrons. The number of rotatable bonds is 10. The minimum Gasteiger partial charge on any atom is -0.361 e. The molecule has 4 rings (SSSR count). The number of alkyl halides is 4. The molecule has 0 fully saturated rings. The Labute approximate surface area is 216 Å². The van der Waals surface area contributed by atoms with Crippen molar-refractivity contribution in [3.05, 3.63) is 23.8 Å². The molecule has 4 heterocycles. The first-order valence-electron chi connectivity index (χ1n) is 11.9. The minimum atomic E-state index is -4.24. The predicted molar refractivity (Wildman–Crippen MR) is 131 cm³/mol. The fourth-order valence-electron chi connectivity index (χ4n) is 3.92. The Bertz CT molecular complexity index is 1360. The number of hydrogen-bond acceptors (Lipinski definition) is 7. The number of hydrogen-bond donors (Lipinski definition) is 0. The van der Waals surface area contributed by atoms with E-state index in [9.17, 15) is 26.7 Å². The number of aromatic nitrogens is 6. The number of aryl methyl sites for hydroxylation is 1. The first-order chi connectivity index (χ1) is 17.6. The van der Waals surface area contributed by atoms with Gasteiger partial charge in [0.25, 0.3) is 0 Å². The van der Waals surface area contributed by atoms with Crippen LogP contribution in [0, 0.1) is 5.82 Å². The number of halogens is 5. The SMILES string of the molecule is CC1(C)C(=O)N(COCC[Si](C)(C)C)c2nc(-c3nn(CCC(F)(F)C(F)F)c4ncc(F)cc34)nnc21. The predicted octanol–water partition coefficient (Wildman–Crippen LogP) is 4.65. The number of carbonyl (C=O) groups is 1. The zero-order valence-corrected chi connectivity index (χ0v) is 22.6. The Kier molecular flexibility index (Phi) is 7.29. The molecule has 206 valence electrons. The summed E-state index contributed by atoms with van der Waals surface area (Å²) in [7, 11) is -1.36. The molecule has 0 saturated heterocycles. The maximum Gasteiger partial charge on any atom is 0.309 e. The van der Waals surface area contributed by atoms with Crippen LogP contribution in [0.3, 0.4) is 0 Å². The standard InChI is InChI=1S/C23H28F5N7O2Si/c1-22(2)16-19(34(21(22)36)12-37-8-9-38(3,4)5)30-17(32-31-16)15-14-10-13(24)11-29-18(14)35(33-15)7-6-23(27,28)20(25)26/h10-11,20H,6-9,12H2,1-5H3. The summed E-state index contributed by atoms with van der Waals surface area (Å²) in [4.78, 5) is 22.9. The van der Waals surface area contributed by atoms with Crippen LogP contribution in [0.5, 0.6) is 0 Å². The van der Waals surface area contributed by atoms with Crippen molar-refractivity contribution in [2.24, 2.45) is 0 Å². The Morgan fingerprint density at radius 3 is 2.55 bits per heavy atom. The normalized spacial score (nSPS) is 15.7. The molecule has 0 N–H and O–H groups in total. The number of ether oxygens (including phenoxy) is 1. The van der Waals surface area contributed by atoms with Crippen molar-refractivity contribution in [3.63, 3.8) is 0 Å². The molecule has 9 nitrogen and oxygen atoms in total. The molecule has 1 amide bonds. The molecule has 0 saturated carbocycles. The summed E-state index contributed by atoms with van der Waals surface area (Å²) in [6, 6.07) is 1.96. The second-order valence-electron chi connectivity index (χ2n) is 10.9. The van der Waals surface area contributed by atoms with E-state index in [4.69, 9.17) is 4.74 Å². The van der Waals surface area contributed by atoms with Crippen LogP contribution in [0.15, 0.2) is 12.3 Å². The van der Waals surface area contributed by atoms with Crippen molar-refractivity contribution >= 4 is 30.8 Å². The highest BCUT2D eigenvalue weighted by Gasteiger charge is 2.47. The lowest BCUT2D eigenvalue weighted by Gasteiger charge is -2.20. The largest absolute Gasteiger partial charge is 0.361 e. The lowest BCUT2D eigenvalue weighted by Crippen LogP contribution is -2.38. The molecule has 0 spiro atoms. The van der Waals surface area contributed by atoms with Gasteiger partial charge in [0.15, 0.2) is 11.5 Å². The van der Waals surface area contributed by atoms with Crippen LogP contribution in [0.1, 0.15) is 26.0 Å². The number of nitrogens with zero attached hydrogens (tertiary/aromatic N) is 7. The van der Waals surface area contributed by atoms with E-state index in [1.54, 1.807) is 13.8 Å².